The van der Waals surface area contributed by atoms with Gasteiger partial charge in [-0.3, -0.25) is 4.79 Å². The standard InChI is InChI=1S/C17H15Cl2NO4/c1-2-5-24-15-4-3-10(17(22)23)8-14(15)20-16(21)11-6-12(18)9-13(19)7-11/h3-4,6-9H,2,5H2,1H3,(H,20,21)(H,22,23). The molecule has 1 amide bonds. The summed E-state index contributed by atoms with van der Waals surface area (Å²) < 4.78 is 5.55. The second kappa shape index (κ2) is 8.04. The molecule has 2 N–H and O–H groups in total. The number of hydrogen-bond donors (Lipinski definition) is 2. The van der Waals surface area contributed by atoms with Crippen LogP contribution in [-0.2, 0) is 0 Å². The lowest BCUT2D eigenvalue weighted by atomic mass is 10.1. The largest absolute Gasteiger partial charge is 0.491 e. The fourth-order valence-corrected chi connectivity index (χ4v) is 2.50. The van der Waals surface area contributed by atoms with Gasteiger partial charge in [0.25, 0.3) is 5.91 Å². The van der Waals surface area contributed by atoms with E-state index < -0.39 is 11.9 Å². The molecule has 0 aliphatic rings. The molecule has 0 unspecified atom stereocenters. The van der Waals surface area contributed by atoms with Crippen molar-refractivity contribution >= 4 is 40.8 Å². The Balaban J connectivity index is 2.32. The molecule has 0 bridgehead atoms. The third-order valence-electron chi connectivity index (χ3n) is 3.06. The van der Waals surface area contributed by atoms with E-state index in [1.807, 2.05) is 6.92 Å². The highest BCUT2D eigenvalue weighted by atomic mass is 35.5. The molecule has 126 valence electrons. The first kappa shape index (κ1) is 18.1. The Hall–Kier alpha value is -2.24. The minimum absolute atomic E-state index is 0.0401. The van der Waals surface area contributed by atoms with E-state index in [1.165, 1.54) is 36.4 Å². The zero-order valence-electron chi connectivity index (χ0n) is 12.8. The highest BCUT2D eigenvalue weighted by Gasteiger charge is 2.14. The summed E-state index contributed by atoms with van der Waals surface area (Å²) in [5.74, 6) is -1.18. The third kappa shape index (κ3) is 4.63. The monoisotopic (exact) mass is 367 g/mol. The number of hydrogen-bond acceptors (Lipinski definition) is 3. The summed E-state index contributed by atoms with van der Waals surface area (Å²) in [6.45, 7) is 2.39. The molecule has 0 saturated carbocycles. The number of benzene rings is 2. The Bertz CT molecular complexity index is 757. The van der Waals surface area contributed by atoms with E-state index in [-0.39, 0.29) is 16.8 Å². The van der Waals surface area contributed by atoms with Crippen LogP contribution in [0, 0.1) is 0 Å². The molecule has 0 aromatic heterocycles. The first-order chi connectivity index (χ1) is 11.4. The maximum Gasteiger partial charge on any atom is 0.335 e. The van der Waals surface area contributed by atoms with Crippen LogP contribution >= 0.6 is 23.2 Å². The second-order valence-electron chi connectivity index (χ2n) is 4.98. The van der Waals surface area contributed by atoms with Gasteiger partial charge < -0.3 is 15.2 Å². The van der Waals surface area contributed by atoms with E-state index in [9.17, 15) is 9.59 Å². The highest BCUT2D eigenvalue weighted by molar-refractivity contribution is 6.35. The fourth-order valence-electron chi connectivity index (χ4n) is 1.98. The Morgan fingerprint density at radius 2 is 1.75 bits per heavy atom. The van der Waals surface area contributed by atoms with E-state index in [1.54, 1.807) is 0 Å². The van der Waals surface area contributed by atoms with Gasteiger partial charge in [0.05, 0.1) is 17.9 Å². The summed E-state index contributed by atoms with van der Waals surface area (Å²) in [5, 5.41) is 12.4. The second-order valence-corrected chi connectivity index (χ2v) is 5.85. The Kier molecular flexibility index (Phi) is 6.06. The van der Waals surface area contributed by atoms with Gasteiger partial charge in [-0.2, -0.15) is 0 Å². The van der Waals surface area contributed by atoms with E-state index in [0.29, 0.717) is 22.4 Å². The summed E-state index contributed by atoms with van der Waals surface area (Å²) in [6, 6.07) is 8.73. The zero-order chi connectivity index (χ0) is 17.7. The average Bonchev–Trinajstić information content (AvgIpc) is 2.52. The van der Waals surface area contributed by atoms with Gasteiger partial charge in [-0.15, -0.1) is 0 Å². The Morgan fingerprint density at radius 1 is 1.08 bits per heavy atom. The highest BCUT2D eigenvalue weighted by Crippen LogP contribution is 2.27. The molecule has 24 heavy (non-hydrogen) atoms. The summed E-state index contributed by atoms with van der Waals surface area (Å²) in [4.78, 5) is 23.5. The minimum atomic E-state index is -1.10. The molecule has 0 radical (unpaired) electrons. The van der Waals surface area contributed by atoms with Gasteiger partial charge in [0.2, 0.25) is 0 Å². The quantitative estimate of drug-likeness (QED) is 0.773. The van der Waals surface area contributed by atoms with Gasteiger partial charge in [-0.25, -0.2) is 4.79 Å². The molecular formula is C17H15Cl2NO4. The van der Waals surface area contributed by atoms with E-state index in [4.69, 9.17) is 33.0 Å². The van der Waals surface area contributed by atoms with Crippen LogP contribution < -0.4 is 10.1 Å². The van der Waals surface area contributed by atoms with Crippen molar-refractivity contribution in [3.8, 4) is 5.75 Å². The van der Waals surface area contributed by atoms with Crippen LogP contribution in [0.5, 0.6) is 5.75 Å². The molecule has 0 aliphatic carbocycles. The topological polar surface area (TPSA) is 75.6 Å². The predicted molar refractivity (Wildman–Crippen MR) is 93.6 cm³/mol. The zero-order valence-corrected chi connectivity index (χ0v) is 14.3. The van der Waals surface area contributed by atoms with E-state index in [0.717, 1.165) is 6.42 Å². The number of carbonyl (C=O) groups is 2. The Labute approximate surface area is 149 Å². The molecule has 0 atom stereocenters. The van der Waals surface area contributed by atoms with Crippen molar-refractivity contribution in [2.45, 2.75) is 13.3 Å². The smallest absolute Gasteiger partial charge is 0.335 e. The molecule has 0 saturated heterocycles. The van der Waals surface area contributed by atoms with Gasteiger partial charge in [-0.05, 0) is 42.8 Å². The van der Waals surface area contributed by atoms with Crippen LogP contribution in [0.25, 0.3) is 0 Å². The van der Waals surface area contributed by atoms with Gasteiger partial charge in [-0.1, -0.05) is 30.1 Å². The van der Waals surface area contributed by atoms with Crippen LogP contribution in [-0.4, -0.2) is 23.6 Å². The number of ether oxygens (including phenoxy) is 1. The fraction of sp³-hybridized carbons (Fsp3) is 0.176. The summed E-state index contributed by atoms with van der Waals surface area (Å²) in [5.41, 5.74) is 0.567. The molecule has 2 aromatic carbocycles. The van der Waals surface area contributed by atoms with Crippen molar-refractivity contribution in [3.05, 3.63) is 57.6 Å². The molecule has 0 aliphatic heterocycles. The first-order valence-corrected chi connectivity index (χ1v) is 7.94. The number of carbonyl (C=O) groups excluding carboxylic acids is 1. The number of amides is 1. The normalized spacial score (nSPS) is 10.3. The third-order valence-corrected chi connectivity index (χ3v) is 3.50. The molecule has 7 heteroatoms. The van der Waals surface area contributed by atoms with E-state index >= 15 is 0 Å². The molecule has 0 fully saturated rings. The number of halogens is 2. The van der Waals surface area contributed by atoms with Crippen molar-refractivity contribution < 1.29 is 19.4 Å². The molecule has 0 heterocycles. The van der Waals surface area contributed by atoms with Crippen molar-refractivity contribution in [1.29, 1.82) is 0 Å². The number of aromatic carboxylic acids is 1. The van der Waals surface area contributed by atoms with Crippen molar-refractivity contribution in [2.24, 2.45) is 0 Å². The van der Waals surface area contributed by atoms with Gasteiger partial charge in [0, 0.05) is 15.6 Å². The lowest BCUT2D eigenvalue weighted by Gasteiger charge is -2.13. The van der Waals surface area contributed by atoms with Crippen LogP contribution in [0.3, 0.4) is 0 Å². The first-order valence-electron chi connectivity index (χ1n) is 7.18. The summed E-state index contributed by atoms with van der Waals surface area (Å²) in [6.07, 6.45) is 0.776. The Morgan fingerprint density at radius 3 is 2.33 bits per heavy atom. The summed E-state index contributed by atoms with van der Waals surface area (Å²) in [7, 11) is 0. The predicted octanol–water partition coefficient (Wildman–Crippen LogP) is 4.73. The average molecular weight is 368 g/mol. The maximum absolute atomic E-state index is 12.4. The lowest BCUT2D eigenvalue weighted by molar-refractivity contribution is 0.0696. The van der Waals surface area contributed by atoms with Crippen LogP contribution in [0.1, 0.15) is 34.1 Å². The van der Waals surface area contributed by atoms with Crippen molar-refractivity contribution in [2.75, 3.05) is 11.9 Å². The van der Waals surface area contributed by atoms with Crippen LogP contribution in [0.15, 0.2) is 36.4 Å². The number of rotatable bonds is 6. The lowest BCUT2D eigenvalue weighted by Crippen LogP contribution is -2.14. The minimum Gasteiger partial charge on any atom is -0.491 e. The van der Waals surface area contributed by atoms with Crippen molar-refractivity contribution in [3.63, 3.8) is 0 Å². The SMILES string of the molecule is CCCOc1ccc(C(=O)O)cc1NC(=O)c1cc(Cl)cc(Cl)c1. The maximum atomic E-state index is 12.4. The molecule has 2 rings (SSSR count). The molecule has 5 nitrogen and oxygen atoms in total. The van der Waals surface area contributed by atoms with E-state index in [2.05, 4.69) is 5.32 Å². The number of carboxylic acid groups (broad SMARTS) is 1. The number of anilines is 1. The number of carboxylic acids is 1. The van der Waals surface area contributed by atoms with Crippen LogP contribution in [0.2, 0.25) is 10.0 Å². The molecule has 2 aromatic rings. The van der Waals surface area contributed by atoms with Crippen molar-refractivity contribution in [1.82, 2.24) is 0 Å². The van der Waals surface area contributed by atoms with Gasteiger partial charge in [0.15, 0.2) is 0 Å². The van der Waals surface area contributed by atoms with Gasteiger partial charge in [0.1, 0.15) is 5.75 Å². The molecule has 0 spiro atoms. The number of nitrogens with one attached hydrogen (secondary N) is 1. The molecular weight excluding hydrogens is 353 g/mol. The van der Waals surface area contributed by atoms with Gasteiger partial charge >= 0.3 is 5.97 Å². The summed E-state index contributed by atoms with van der Waals surface area (Å²) >= 11 is 11.8. The van der Waals surface area contributed by atoms with Crippen LogP contribution in [0.4, 0.5) is 5.69 Å².